The van der Waals surface area contributed by atoms with Crippen LogP contribution in [0.5, 0.6) is 0 Å². The van der Waals surface area contributed by atoms with E-state index in [1.165, 1.54) is 43.8 Å². The Morgan fingerprint density at radius 1 is 0.875 bits per heavy atom. The van der Waals surface area contributed by atoms with Crippen molar-refractivity contribution in [3.63, 3.8) is 0 Å². The van der Waals surface area contributed by atoms with E-state index >= 15 is 0 Å². The molecule has 3 aromatic rings. The topological polar surface area (TPSA) is 0 Å². The fourth-order valence-electron chi connectivity index (χ4n) is 7.04. The second-order valence-corrected chi connectivity index (χ2v) is 14.6. The summed E-state index contributed by atoms with van der Waals surface area (Å²) in [5.74, 6) is 0. The average Bonchev–Trinajstić information content (AvgIpc) is 3.62. The Hall–Kier alpha value is -2.89. The van der Waals surface area contributed by atoms with Crippen LogP contribution in [-0.4, -0.2) is 3.21 Å². The molecule has 0 amide bonds. The van der Waals surface area contributed by atoms with Gasteiger partial charge in [0.15, 0.2) is 0 Å². The summed E-state index contributed by atoms with van der Waals surface area (Å²) >= 11 is -1.27. The van der Waals surface area contributed by atoms with Crippen LogP contribution >= 0.6 is 0 Å². The van der Waals surface area contributed by atoms with Gasteiger partial charge >= 0.3 is 253 Å². The second-order valence-electron chi connectivity index (χ2n) is 11.5. The van der Waals surface area contributed by atoms with Gasteiger partial charge in [0.2, 0.25) is 0 Å². The molecule has 6 rings (SSSR count). The van der Waals surface area contributed by atoms with Gasteiger partial charge in [-0.3, -0.25) is 0 Å². The molecule has 0 saturated heterocycles. The number of aryl methyl sites for hydroxylation is 2. The Morgan fingerprint density at radius 3 is 2.10 bits per heavy atom. The molecule has 0 heterocycles. The molecule has 1 unspecified atom stereocenters. The maximum absolute atomic E-state index is 2.62. The molecule has 0 bridgehead atoms. The summed E-state index contributed by atoms with van der Waals surface area (Å²) < 4.78 is 3.24. The van der Waals surface area contributed by atoms with Crippen LogP contribution in [-0.2, 0) is 29.2 Å². The van der Waals surface area contributed by atoms with Crippen LogP contribution < -0.4 is 10.4 Å². The summed E-state index contributed by atoms with van der Waals surface area (Å²) in [5, 5.41) is 3.04. The van der Waals surface area contributed by atoms with E-state index in [0.717, 1.165) is 25.7 Å². The molecule has 0 N–H and O–H groups in total. The van der Waals surface area contributed by atoms with Crippen molar-refractivity contribution in [3.8, 4) is 0 Å². The van der Waals surface area contributed by atoms with Crippen molar-refractivity contribution in [2.75, 3.05) is 0 Å². The first-order valence-electron chi connectivity index (χ1n) is 15.0. The number of hydrogen-bond donors (Lipinski definition) is 0. The molecule has 0 fully saturated rings. The van der Waals surface area contributed by atoms with Crippen molar-refractivity contribution in [1.29, 1.82) is 0 Å². The van der Waals surface area contributed by atoms with E-state index < -0.39 is 22.8 Å². The Kier molecular flexibility index (Phi) is 7.63. The minimum absolute atomic E-state index is 0.0548. The first kappa shape index (κ1) is 27.3. The summed E-state index contributed by atoms with van der Waals surface area (Å²) in [6, 6.07) is 27.3. The fourth-order valence-corrected chi connectivity index (χ4v) is 10.9. The SMILES string of the molecule is CCC1=CC2=c3c(CC)cc(C)cc3=[C]([Zr]=[C](c3ccccc3)c3ccccc3)C2=C(C2=CC=CC2)C1(C)CC. The molecule has 199 valence electrons. The zero-order chi connectivity index (χ0) is 27.9. The van der Waals surface area contributed by atoms with Gasteiger partial charge in [0.05, 0.1) is 0 Å². The van der Waals surface area contributed by atoms with Gasteiger partial charge in [0, 0.05) is 0 Å². The van der Waals surface area contributed by atoms with Crippen LogP contribution in [0.15, 0.2) is 119 Å². The monoisotopic (exact) mass is 597 g/mol. The molecular weight excluding hydrogens is 560 g/mol. The molecule has 0 aromatic heterocycles. The molecule has 3 aromatic carbocycles. The van der Waals surface area contributed by atoms with E-state index in [2.05, 4.69) is 132 Å². The molecule has 3 aliphatic rings. The Bertz CT molecular complexity index is 1720. The van der Waals surface area contributed by atoms with Crippen molar-refractivity contribution in [3.05, 3.63) is 152 Å². The molecular formula is C39H39Zr. The number of benzene rings is 3. The molecule has 1 atom stereocenters. The predicted molar refractivity (Wildman–Crippen MR) is 168 cm³/mol. The Labute approximate surface area is 251 Å². The van der Waals surface area contributed by atoms with E-state index in [0.29, 0.717) is 0 Å². The summed E-state index contributed by atoms with van der Waals surface area (Å²) in [7, 11) is 0. The molecule has 0 nitrogen and oxygen atoms in total. The van der Waals surface area contributed by atoms with Gasteiger partial charge in [-0.1, -0.05) is 0 Å². The van der Waals surface area contributed by atoms with Crippen LogP contribution in [0.25, 0.3) is 8.85 Å². The summed E-state index contributed by atoms with van der Waals surface area (Å²) in [6.45, 7) is 11.9. The number of rotatable bonds is 7. The van der Waals surface area contributed by atoms with Gasteiger partial charge in [-0.2, -0.15) is 0 Å². The zero-order valence-electron chi connectivity index (χ0n) is 24.6. The standard InChI is InChI=1S/C26H29.C13H10.Zr/c1-6-18-13-17(4)14-20-15-23-22(24(18)20)16-21(7-2)26(5,8-3)25(23)19-11-9-10-12-19;1-3-7-12(8-4-1)11-13-9-5-2-6-10-13;/h9-11,13-14,16H,6-8,12H2,1-5H3;1-10H;. The van der Waals surface area contributed by atoms with E-state index in [9.17, 15) is 0 Å². The van der Waals surface area contributed by atoms with Crippen molar-refractivity contribution in [1.82, 2.24) is 0 Å². The van der Waals surface area contributed by atoms with E-state index in [1.807, 2.05) is 0 Å². The van der Waals surface area contributed by atoms with Crippen molar-refractivity contribution in [2.45, 2.75) is 60.3 Å². The molecule has 0 radical (unpaired) electrons. The van der Waals surface area contributed by atoms with Crippen LogP contribution in [0, 0.1) is 12.3 Å². The first-order chi connectivity index (χ1) is 19.5. The summed E-state index contributed by atoms with van der Waals surface area (Å²) in [5.41, 5.74) is 13.5. The predicted octanol–water partition coefficient (Wildman–Crippen LogP) is 8.13. The van der Waals surface area contributed by atoms with Crippen LogP contribution in [0.1, 0.15) is 69.2 Å². The normalized spacial score (nSPS) is 19.3. The third-order valence-corrected chi connectivity index (χ3v) is 13.1. The van der Waals surface area contributed by atoms with Crippen LogP contribution in [0.2, 0.25) is 0 Å². The number of hydrogen-bond acceptors (Lipinski definition) is 0. The van der Waals surface area contributed by atoms with E-state index in [-0.39, 0.29) is 5.41 Å². The number of fused-ring (bicyclic) bond motifs is 2. The Balaban J connectivity index is 1.80. The molecule has 0 saturated carbocycles. The second kappa shape index (κ2) is 11.2. The van der Waals surface area contributed by atoms with E-state index in [4.69, 9.17) is 0 Å². The van der Waals surface area contributed by atoms with Crippen molar-refractivity contribution in [2.24, 2.45) is 5.41 Å². The van der Waals surface area contributed by atoms with Gasteiger partial charge in [0.1, 0.15) is 0 Å². The maximum atomic E-state index is 2.62. The van der Waals surface area contributed by atoms with Crippen LogP contribution in [0.4, 0.5) is 0 Å². The van der Waals surface area contributed by atoms with Gasteiger partial charge < -0.3 is 0 Å². The van der Waals surface area contributed by atoms with Crippen molar-refractivity contribution >= 4 is 12.1 Å². The number of allylic oxidation sites excluding steroid dienone is 8. The van der Waals surface area contributed by atoms with Crippen molar-refractivity contribution < 1.29 is 22.8 Å². The molecule has 0 aliphatic heterocycles. The Morgan fingerprint density at radius 2 is 1.55 bits per heavy atom. The molecule has 40 heavy (non-hydrogen) atoms. The van der Waals surface area contributed by atoms with Gasteiger partial charge in [0.25, 0.3) is 0 Å². The average molecular weight is 599 g/mol. The van der Waals surface area contributed by atoms with Gasteiger partial charge in [-0.05, 0) is 0 Å². The fraction of sp³-hybridized carbons (Fsp3) is 0.256. The quantitative estimate of drug-likeness (QED) is 0.258. The third kappa shape index (κ3) is 4.52. The summed E-state index contributed by atoms with van der Waals surface area (Å²) in [4.78, 5) is 0. The zero-order valence-corrected chi connectivity index (χ0v) is 27.0. The van der Waals surface area contributed by atoms with Gasteiger partial charge in [-0.15, -0.1) is 0 Å². The molecule has 0 spiro atoms. The van der Waals surface area contributed by atoms with Gasteiger partial charge in [-0.25, -0.2) is 0 Å². The first-order valence-corrected chi connectivity index (χ1v) is 17.4. The van der Waals surface area contributed by atoms with Crippen LogP contribution in [0.3, 0.4) is 0 Å². The molecule has 3 aliphatic carbocycles. The van der Waals surface area contributed by atoms with E-state index in [1.54, 1.807) is 23.2 Å². The third-order valence-electron chi connectivity index (χ3n) is 9.19. The minimum atomic E-state index is -1.27. The molecule has 1 heteroatoms. The summed E-state index contributed by atoms with van der Waals surface area (Å²) in [6.07, 6.45) is 14.0.